The molecule has 0 aromatic heterocycles. The first-order valence-corrected chi connectivity index (χ1v) is 4.62. The van der Waals surface area contributed by atoms with Crippen molar-refractivity contribution in [3.8, 4) is 0 Å². The molecule has 0 bridgehead atoms. The van der Waals surface area contributed by atoms with Crippen molar-refractivity contribution in [2.24, 2.45) is 5.92 Å². The van der Waals surface area contributed by atoms with Crippen LogP contribution in [0.25, 0.3) is 0 Å². The van der Waals surface area contributed by atoms with E-state index >= 15 is 0 Å². The van der Waals surface area contributed by atoms with Crippen LogP contribution in [0.1, 0.15) is 46.5 Å². The van der Waals surface area contributed by atoms with Crippen molar-refractivity contribution in [2.75, 3.05) is 0 Å². The molecule has 1 unspecified atom stereocenters. The minimum absolute atomic E-state index is 0.0171. The number of carbonyl (C=O) groups is 2. The lowest BCUT2D eigenvalue weighted by Gasteiger charge is -2.04. The highest BCUT2D eigenvalue weighted by Gasteiger charge is 2.15. The van der Waals surface area contributed by atoms with Gasteiger partial charge in [0.1, 0.15) is 11.6 Å². The highest BCUT2D eigenvalue weighted by atomic mass is 16.1. The van der Waals surface area contributed by atoms with E-state index in [1.165, 1.54) is 6.92 Å². The molecule has 1 atom stereocenters. The van der Waals surface area contributed by atoms with E-state index in [2.05, 4.69) is 6.92 Å². The van der Waals surface area contributed by atoms with E-state index in [1.54, 1.807) is 6.92 Å². The molecule has 0 radical (unpaired) electrons. The van der Waals surface area contributed by atoms with Gasteiger partial charge in [-0.05, 0) is 20.3 Å². The Morgan fingerprint density at radius 1 is 1.25 bits per heavy atom. The third kappa shape index (κ3) is 4.27. The Bertz CT molecular complexity index is 161. The summed E-state index contributed by atoms with van der Waals surface area (Å²) in [6, 6.07) is 0. The zero-order chi connectivity index (χ0) is 9.56. The van der Waals surface area contributed by atoms with Crippen molar-refractivity contribution in [2.45, 2.75) is 46.5 Å². The minimum atomic E-state index is -0.387. The predicted octanol–water partition coefficient (Wildman–Crippen LogP) is 2.36. The van der Waals surface area contributed by atoms with Gasteiger partial charge in [0.25, 0.3) is 0 Å². The second-order valence-corrected chi connectivity index (χ2v) is 3.26. The van der Waals surface area contributed by atoms with Gasteiger partial charge in [-0.15, -0.1) is 0 Å². The molecular weight excluding hydrogens is 152 g/mol. The summed E-state index contributed by atoms with van der Waals surface area (Å²) in [6.07, 6.45) is 3.68. The summed E-state index contributed by atoms with van der Waals surface area (Å²) in [6.45, 7) is 5.26. The smallest absolute Gasteiger partial charge is 0.143 e. The van der Waals surface area contributed by atoms with Gasteiger partial charge < -0.3 is 0 Å². The monoisotopic (exact) mass is 170 g/mol. The van der Waals surface area contributed by atoms with Crippen molar-refractivity contribution in [1.29, 1.82) is 0 Å². The number of unbranched alkanes of at least 4 members (excludes halogenated alkanes) is 2. The second kappa shape index (κ2) is 5.92. The molecule has 0 N–H and O–H groups in total. The molecule has 0 fully saturated rings. The molecule has 12 heavy (non-hydrogen) atoms. The summed E-state index contributed by atoms with van der Waals surface area (Å²) in [5, 5.41) is 0. The first-order valence-electron chi connectivity index (χ1n) is 4.62. The van der Waals surface area contributed by atoms with Crippen LogP contribution in [0.3, 0.4) is 0 Å². The standard InChI is InChI=1S/C10H18O2/c1-4-5-6-7-10(12)8(2)9(3)11/h8H,4-7H2,1-3H3. The Kier molecular flexibility index (Phi) is 5.60. The van der Waals surface area contributed by atoms with E-state index in [0.717, 1.165) is 19.3 Å². The average Bonchev–Trinajstić information content (AvgIpc) is 2.03. The maximum Gasteiger partial charge on any atom is 0.143 e. The molecule has 0 aliphatic heterocycles. The van der Waals surface area contributed by atoms with Gasteiger partial charge in [-0.2, -0.15) is 0 Å². The second-order valence-electron chi connectivity index (χ2n) is 3.26. The fourth-order valence-corrected chi connectivity index (χ4v) is 0.992. The summed E-state index contributed by atoms with van der Waals surface area (Å²) in [5.41, 5.74) is 0. The quantitative estimate of drug-likeness (QED) is 0.453. The maximum absolute atomic E-state index is 11.2. The van der Waals surface area contributed by atoms with Crippen molar-refractivity contribution in [3.63, 3.8) is 0 Å². The average molecular weight is 170 g/mol. The van der Waals surface area contributed by atoms with Crippen molar-refractivity contribution >= 4 is 11.6 Å². The number of hydrogen-bond acceptors (Lipinski definition) is 2. The lowest BCUT2D eigenvalue weighted by molar-refractivity contribution is -0.130. The third-order valence-corrected chi connectivity index (χ3v) is 2.12. The number of hydrogen-bond donors (Lipinski definition) is 0. The van der Waals surface area contributed by atoms with Crippen LogP contribution in [0.5, 0.6) is 0 Å². The lowest BCUT2D eigenvalue weighted by Crippen LogP contribution is -2.18. The number of rotatable bonds is 6. The Hall–Kier alpha value is -0.660. The SMILES string of the molecule is CCCCCC(=O)C(C)C(C)=O. The van der Waals surface area contributed by atoms with E-state index in [4.69, 9.17) is 0 Å². The summed E-state index contributed by atoms with van der Waals surface area (Å²) in [4.78, 5) is 22.0. The van der Waals surface area contributed by atoms with Crippen LogP contribution in [-0.4, -0.2) is 11.6 Å². The Balaban J connectivity index is 3.65. The molecule has 0 aliphatic rings. The first-order chi connectivity index (χ1) is 5.59. The van der Waals surface area contributed by atoms with Crippen LogP contribution in [0.15, 0.2) is 0 Å². The molecule has 0 saturated carbocycles. The topological polar surface area (TPSA) is 34.1 Å². The molecule has 0 aromatic rings. The van der Waals surface area contributed by atoms with Gasteiger partial charge >= 0.3 is 0 Å². The number of carbonyl (C=O) groups excluding carboxylic acids is 2. The third-order valence-electron chi connectivity index (χ3n) is 2.12. The molecule has 70 valence electrons. The van der Waals surface area contributed by atoms with Crippen molar-refractivity contribution in [3.05, 3.63) is 0 Å². The first kappa shape index (κ1) is 11.3. The van der Waals surface area contributed by atoms with Gasteiger partial charge in [-0.3, -0.25) is 9.59 Å². The van der Waals surface area contributed by atoms with Gasteiger partial charge in [-0.25, -0.2) is 0 Å². The Labute approximate surface area is 74.3 Å². The van der Waals surface area contributed by atoms with Crippen LogP contribution in [-0.2, 0) is 9.59 Å². The van der Waals surface area contributed by atoms with E-state index in [9.17, 15) is 9.59 Å². The van der Waals surface area contributed by atoms with Gasteiger partial charge in [0, 0.05) is 6.42 Å². The van der Waals surface area contributed by atoms with Gasteiger partial charge in [0.05, 0.1) is 5.92 Å². The normalized spacial score (nSPS) is 12.6. The van der Waals surface area contributed by atoms with Crippen LogP contribution in [0, 0.1) is 5.92 Å². The summed E-state index contributed by atoms with van der Waals surface area (Å²) < 4.78 is 0. The van der Waals surface area contributed by atoms with E-state index < -0.39 is 0 Å². The zero-order valence-corrected chi connectivity index (χ0v) is 8.22. The van der Waals surface area contributed by atoms with Crippen molar-refractivity contribution < 1.29 is 9.59 Å². The summed E-state index contributed by atoms with van der Waals surface area (Å²) in [5.74, 6) is -0.311. The van der Waals surface area contributed by atoms with Gasteiger partial charge in [0.15, 0.2) is 0 Å². The summed E-state index contributed by atoms with van der Waals surface area (Å²) >= 11 is 0. The van der Waals surface area contributed by atoms with E-state index in [1.807, 2.05) is 0 Å². The highest BCUT2D eigenvalue weighted by molar-refractivity contribution is 6.00. The van der Waals surface area contributed by atoms with E-state index in [-0.39, 0.29) is 17.5 Å². The van der Waals surface area contributed by atoms with Crippen LogP contribution >= 0.6 is 0 Å². The molecule has 2 heteroatoms. The van der Waals surface area contributed by atoms with Crippen LogP contribution in [0.2, 0.25) is 0 Å². The molecule has 2 nitrogen and oxygen atoms in total. The molecule has 0 spiro atoms. The molecule has 0 saturated heterocycles. The zero-order valence-electron chi connectivity index (χ0n) is 8.22. The largest absolute Gasteiger partial charge is 0.299 e. The predicted molar refractivity (Wildman–Crippen MR) is 49.0 cm³/mol. The van der Waals surface area contributed by atoms with Gasteiger partial charge in [0.2, 0.25) is 0 Å². The molecular formula is C10H18O2. The molecule has 0 aromatic carbocycles. The summed E-state index contributed by atoms with van der Waals surface area (Å²) in [7, 11) is 0. The lowest BCUT2D eigenvalue weighted by atomic mass is 9.98. The Morgan fingerprint density at radius 2 is 1.83 bits per heavy atom. The van der Waals surface area contributed by atoms with E-state index in [0.29, 0.717) is 6.42 Å². The maximum atomic E-state index is 11.2. The van der Waals surface area contributed by atoms with Crippen molar-refractivity contribution in [1.82, 2.24) is 0 Å². The fraction of sp³-hybridized carbons (Fsp3) is 0.800. The Morgan fingerprint density at radius 3 is 2.25 bits per heavy atom. The minimum Gasteiger partial charge on any atom is -0.299 e. The van der Waals surface area contributed by atoms with Crippen LogP contribution in [0.4, 0.5) is 0 Å². The molecule has 0 amide bonds. The molecule has 0 rings (SSSR count). The fourth-order valence-electron chi connectivity index (χ4n) is 0.992. The number of ketones is 2. The molecule has 0 aliphatic carbocycles. The highest BCUT2D eigenvalue weighted by Crippen LogP contribution is 2.07. The molecule has 0 heterocycles. The van der Waals surface area contributed by atoms with Gasteiger partial charge in [-0.1, -0.05) is 19.8 Å². The van der Waals surface area contributed by atoms with Crippen LogP contribution < -0.4 is 0 Å². The number of Topliss-reactive ketones (excluding diaryl/α,β-unsaturated/α-hetero) is 2.